The zero-order valence-corrected chi connectivity index (χ0v) is 12.8. The Morgan fingerprint density at radius 2 is 2.20 bits per heavy atom. The number of hydrogen-bond donors (Lipinski definition) is 1. The lowest BCUT2D eigenvalue weighted by atomic mass is 9.84. The second kappa shape index (κ2) is 6.88. The number of aromatic nitrogens is 2. The SMILES string of the molecule is Cc1ccn(CC(=O)NC2CCCCC2CN(C)C)n1. The first-order valence-electron chi connectivity index (χ1n) is 7.49. The van der Waals surface area contributed by atoms with Crippen molar-refractivity contribution in [1.29, 1.82) is 0 Å². The predicted molar refractivity (Wildman–Crippen MR) is 79.4 cm³/mol. The van der Waals surface area contributed by atoms with Crippen LogP contribution in [0.4, 0.5) is 0 Å². The van der Waals surface area contributed by atoms with Crippen LogP contribution < -0.4 is 5.32 Å². The monoisotopic (exact) mass is 278 g/mol. The molecule has 1 aliphatic carbocycles. The van der Waals surface area contributed by atoms with Gasteiger partial charge in [0.25, 0.3) is 0 Å². The lowest BCUT2D eigenvalue weighted by molar-refractivity contribution is -0.123. The van der Waals surface area contributed by atoms with Gasteiger partial charge in [0.2, 0.25) is 5.91 Å². The van der Waals surface area contributed by atoms with E-state index in [9.17, 15) is 4.79 Å². The Morgan fingerprint density at radius 1 is 1.45 bits per heavy atom. The van der Waals surface area contributed by atoms with Crippen LogP contribution in [-0.4, -0.2) is 47.3 Å². The highest BCUT2D eigenvalue weighted by molar-refractivity contribution is 5.76. The van der Waals surface area contributed by atoms with Gasteiger partial charge in [-0.15, -0.1) is 0 Å². The summed E-state index contributed by atoms with van der Waals surface area (Å²) in [6, 6.07) is 2.23. The average molecular weight is 278 g/mol. The van der Waals surface area contributed by atoms with E-state index in [4.69, 9.17) is 0 Å². The summed E-state index contributed by atoms with van der Waals surface area (Å²) in [7, 11) is 4.19. The van der Waals surface area contributed by atoms with Crippen LogP contribution in [0.1, 0.15) is 31.4 Å². The molecule has 0 radical (unpaired) electrons. The summed E-state index contributed by atoms with van der Waals surface area (Å²) >= 11 is 0. The minimum atomic E-state index is 0.0729. The maximum Gasteiger partial charge on any atom is 0.241 e. The molecule has 1 saturated carbocycles. The smallest absolute Gasteiger partial charge is 0.241 e. The topological polar surface area (TPSA) is 50.2 Å². The van der Waals surface area contributed by atoms with Crippen LogP contribution in [0, 0.1) is 12.8 Å². The molecule has 112 valence electrons. The van der Waals surface area contributed by atoms with Gasteiger partial charge in [0, 0.05) is 18.8 Å². The minimum absolute atomic E-state index is 0.0729. The molecule has 1 aliphatic rings. The summed E-state index contributed by atoms with van der Waals surface area (Å²) in [5.74, 6) is 0.644. The van der Waals surface area contributed by atoms with E-state index in [-0.39, 0.29) is 5.91 Å². The maximum atomic E-state index is 12.1. The highest BCUT2D eigenvalue weighted by atomic mass is 16.2. The van der Waals surface area contributed by atoms with Crippen molar-refractivity contribution in [2.45, 2.75) is 45.2 Å². The molecular weight excluding hydrogens is 252 g/mol. The van der Waals surface area contributed by atoms with Crippen LogP contribution >= 0.6 is 0 Å². The van der Waals surface area contributed by atoms with Gasteiger partial charge in [0.05, 0.1) is 5.69 Å². The fourth-order valence-corrected chi connectivity index (χ4v) is 3.04. The second-order valence-corrected chi connectivity index (χ2v) is 6.14. The van der Waals surface area contributed by atoms with Gasteiger partial charge in [-0.2, -0.15) is 5.10 Å². The largest absolute Gasteiger partial charge is 0.351 e. The van der Waals surface area contributed by atoms with Gasteiger partial charge in [-0.1, -0.05) is 12.8 Å². The fraction of sp³-hybridized carbons (Fsp3) is 0.733. The van der Waals surface area contributed by atoms with Gasteiger partial charge in [-0.25, -0.2) is 0 Å². The summed E-state index contributed by atoms with van der Waals surface area (Å²) in [4.78, 5) is 14.4. The third-order valence-electron chi connectivity index (χ3n) is 3.93. The van der Waals surface area contributed by atoms with E-state index in [1.807, 2.05) is 19.2 Å². The van der Waals surface area contributed by atoms with Crippen molar-refractivity contribution < 1.29 is 4.79 Å². The highest BCUT2D eigenvalue weighted by Crippen LogP contribution is 2.24. The first kappa shape index (κ1) is 15.0. The molecule has 1 aromatic rings. The molecule has 1 N–H and O–H groups in total. The molecule has 2 unspecified atom stereocenters. The zero-order valence-electron chi connectivity index (χ0n) is 12.8. The number of nitrogens with zero attached hydrogens (tertiary/aromatic N) is 3. The molecule has 1 aromatic heterocycles. The van der Waals surface area contributed by atoms with Crippen molar-refractivity contribution >= 4 is 5.91 Å². The molecule has 5 nitrogen and oxygen atoms in total. The van der Waals surface area contributed by atoms with Crippen molar-refractivity contribution in [3.8, 4) is 0 Å². The van der Waals surface area contributed by atoms with Gasteiger partial charge >= 0.3 is 0 Å². The van der Waals surface area contributed by atoms with E-state index in [0.717, 1.165) is 18.7 Å². The number of rotatable bonds is 5. The molecular formula is C15H26N4O. The van der Waals surface area contributed by atoms with Crippen LogP contribution in [0.2, 0.25) is 0 Å². The second-order valence-electron chi connectivity index (χ2n) is 6.14. The molecule has 0 saturated heterocycles. The van der Waals surface area contributed by atoms with E-state index < -0.39 is 0 Å². The molecule has 5 heteroatoms. The van der Waals surface area contributed by atoms with Gasteiger partial charge in [-0.3, -0.25) is 9.48 Å². The number of carbonyl (C=O) groups is 1. The van der Waals surface area contributed by atoms with Gasteiger partial charge in [0.15, 0.2) is 0 Å². The van der Waals surface area contributed by atoms with E-state index >= 15 is 0 Å². The normalized spacial score (nSPS) is 23.0. The number of amides is 1. The molecule has 2 rings (SSSR count). The van der Waals surface area contributed by atoms with Crippen molar-refractivity contribution in [2.24, 2.45) is 5.92 Å². The van der Waals surface area contributed by atoms with Crippen molar-refractivity contribution in [2.75, 3.05) is 20.6 Å². The van der Waals surface area contributed by atoms with Crippen LogP contribution in [0.5, 0.6) is 0 Å². The van der Waals surface area contributed by atoms with E-state index in [1.54, 1.807) is 4.68 Å². The molecule has 1 fully saturated rings. The average Bonchev–Trinajstić information content (AvgIpc) is 2.76. The molecule has 2 atom stereocenters. The Balaban J connectivity index is 1.87. The quantitative estimate of drug-likeness (QED) is 0.886. The third-order valence-corrected chi connectivity index (χ3v) is 3.93. The van der Waals surface area contributed by atoms with Crippen molar-refractivity contribution in [1.82, 2.24) is 20.0 Å². The molecule has 0 aliphatic heterocycles. The van der Waals surface area contributed by atoms with E-state index in [2.05, 4.69) is 29.4 Å². The summed E-state index contributed by atoms with van der Waals surface area (Å²) in [6.07, 6.45) is 6.67. The Morgan fingerprint density at radius 3 is 2.85 bits per heavy atom. The number of nitrogens with one attached hydrogen (secondary N) is 1. The Labute approximate surface area is 121 Å². The Hall–Kier alpha value is -1.36. The zero-order chi connectivity index (χ0) is 14.5. The van der Waals surface area contributed by atoms with Crippen LogP contribution in [0.3, 0.4) is 0 Å². The third kappa shape index (κ3) is 4.34. The lowest BCUT2D eigenvalue weighted by Crippen LogP contribution is -2.46. The van der Waals surface area contributed by atoms with Gasteiger partial charge < -0.3 is 10.2 Å². The molecule has 0 bridgehead atoms. The number of hydrogen-bond acceptors (Lipinski definition) is 3. The molecule has 1 heterocycles. The van der Waals surface area contributed by atoms with Crippen LogP contribution in [0.15, 0.2) is 12.3 Å². The minimum Gasteiger partial charge on any atom is -0.351 e. The lowest BCUT2D eigenvalue weighted by Gasteiger charge is -2.34. The van der Waals surface area contributed by atoms with E-state index in [0.29, 0.717) is 18.5 Å². The first-order chi connectivity index (χ1) is 9.54. The molecule has 1 amide bonds. The fourth-order valence-electron chi connectivity index (χ4n) is 3.04. The predicted octanol–water partition coefficient (Wildman–Crippen LogP) is 1.43. The summed E-state index contributed by atoms with van der Waals surface area (Å²) in [6.45, 7) is 3.30. The molecule has 0 spiro atoms. The van der Waals surface area contributed by atoms with Gasteiger partial charge in [0.1, 0.15) is 6.54 Å². The molecule has 0 aromatic carbocycles. The van der Waals surface area contributed by atoms with Gasteiger partial charge in [-0.05, 0) is 45.8 Å². The summed E-state index contributed by atoms with van der Waals surface area (Å²) in [5.41, 5.74) is 0.945. The van der Waals surface area contributed by atoms with E-state index in [1.165, 1.54) is 19.3 Å². The number of carbonyl (C=O) groups excluding carboxylic acids is 1. The first-order valence-corrected chi connectivity index (χ1v) is 7.49. The maximum absolute atomic E-state index is 12.1. The number of aryl methyl sites for hydroxylation is 1. The summed E-state index contributed by atoms with van der Waals surface area (Å²) in [5, 5.41) is 7.46. The highest BCUT2D eigenvalue weighted by Gasteiger charge is 2.26. The van der Waals surface area contributed by atoms with Crippen LogP contribution in [-0.2, 0) is 11.3 Å². The van der Waals surface area contributed by atoms with Crippen LogP contribution in [0.25, 0.3) is 0 Å². The van der Waals surface area contributed by atoms with Crippen molar-refractivity contribution in [3.05, 3.63) is 18.0 Å². The molecule has 20 heavy (non-hydrogen) atoms. The Bertz CT molecular complexity index is 441. The summed E-state index contributed by atoms with van der Waals surface area (Å²) < 4.78 is 1.70. The van der Waals surface area contributed by atoms with Crippen molar-refractivity contribution in [3.63, 3.8) is 0 Å². The standard InChI is InChI=1S/C15H26N4O/c1-12-8-9-19(17-12)11-15(20)16-14-7-5-4-6-13(14)10-18(2)3/h8-9,13-14H,4-7,10-11H2,1-3H3,(H,16,20). The Kier molecular flexibility index (Phi) is 5.17.